The molecule has 1 nitrogen and oxygen atoms in total. The Morgan fingerprint density at radius 1 is 1.19 bits per heavy atom. The van der Waals surface area contributed by atoms with E-state index >= 15 is 0 Å². The minimum absolute atomic E-state index is 0.0390. The van der Waals surface area contributed by atoms with Crippen LogP contribution in [0, 0.1) is 5.82 Å². The summed E-state index contributed by atoms with van der Waals surface area (Å²) in [5, 5.41) is 0. The predicted octanol–water partition coefficient (Wildman–Crippen LogP) is 4.26. The molecule has 16 heavy (non-hydrogen) atoms. The lowest BCUT2D eigenvalue weighted by molar-refractivity contribution is 0.393. The van der Waals surface area contributed by atoms with E-state index in [0.29, 0.717) is 5.75 Å². The van der Waals surface area contributed by atoms with E-state index in [1.807, 2.05) is 19.9 Å². The molecule has 0 aliphatic rings. The molecule has 0 N–H and O–H groups in total. The van der Waals surface area contributed by atoms with E-state index in [4.69, 9.17) is 4.74 Å². The highest BCUT2D eigenvalue weighted by atomic mass is 19.1. The normalized spacial score (nSPS) is 12.0. The van der Waals surface area contributed by atoms with Crippen molar-refractivity contribution in [3.8, 4) is 5.75 Å². The second-order valence-electron chi connectivity index (χ2n) is 5.48. The van der Waals surface area contributed by atoms with E-state index in [2.05, 4.69) is 20.8 Å². The number of rotatable bonds is 2. The fourth-order valence-electron chi connectivity index (χ4n) is 1.77. The highest BCUT2D eigenvalue weighted by Crippen LogP contribution is 2.35. The molecule has 0 radical (unpaired) electrons. The molecule has 0 unspecified atom stereocenters. The third kappa shape index (κ3) is 2.55. The monoisotopic (exact) mass is 224 g/mol. The molecule has 0 aliphatic heterocycles. The van der Waals surface area contributed by atoms with Crippen molar-refractivity contribution in [2.24, 2.45) is 0 Å². The Hall–Kier alpha value is -1.05. The van der Waals surface area contributed by atoms with Crippen molar-refractivity contribution in [3.63, 3.8) is 0 Å². The van der Waals surface area contributed by atoms with Gasteiger partial charge in [0, 0.05) is 6.07 Å². The molecule has 0 spiro atoms. The first-order valence-electron chi connectivity index (χ1n) is 5.65. The molecule has 0 atom stereocenters. The van der Waals surface area contributed by atoms with Gasteiger partial charge in [0.2, 0.25) is 0 Å². The summed E-state index contributed by atoms with van der Waals surface area (Å²) in [5.74, 6) is 0.640. The first-order chi connectivity index (χ1) is 7.27. The van der Waals surface area contributed by atoms with E-state index in [9.17, 15) is 4.39 Å². The van der Waals surface area contributed by atoms with Gasteiger partial charge < -0.3 is 4.74 Å². The van der Waals surface area contributed by atoms with Crippen molar-refractivity contribution in [1.29, 1.82) is 0 Å². The van der Waals surface area contributed by atoms with Crippen molar-refractivity contribution in [2.45, 2.75) is 46.0 Å². The Labute approximate surface area is 97.6 Å². The van der Waals surface area contributed by atoms with E-state index in [1.54, 1.807) is 7.11 Å². The van der Waals surface area contributed by atoms with Gasteiger partial charge in [-0.2, -0.15) is 0 Å². The van der Waals surface area contributed by atoms with Crippen molar-refractivity contribution in [1.82, 2.24) is 0 Å². The van der Waals surface area contributed by atoms with Gasteiger partial charge in [0.1, 0.15) is 11.6 Å². The number of ether oxygens (including phenoxy) is 1. The van der Waals surface area contributed by atoms with Gasteiger partial charge in [-0.15, -0.1) is 0 Å². The van der Waals surface area contributed by atoms with Gasteiger partial charge in [-0.1, -0.05) is 34.6 Å². The molecule has 1 aromatic rings. The average molecular weight is 224 g/mol. The standard InChI is InChI=1S/C14H21FO/c1-9(2)10-7-11(14(3,4)5)13(16-6)8-12(10)15/h7-9H,1-6H3. The van der Waals surface area contributed by atoms with E-state index in [-0.39, 0.29) is 17.2 Å². The van der Waals surface area contributed by atoms with Gasteiger partial charge in [-0.05, 0) is 28.5 Å². The summed E-state index contributed by atoms with van der Waals surface area (Å²) in [6, 6.07) is 3.43. The minimum Gasteiger partial charge on any atom is -0.496 e. The first kappa shape index (κ1) is 13.0. The second-order valence-corrected chi connectivity index (χ2v) is 5.48. The summed E-state index contributed by atoms with van der Waals surface area (Å²) in [4.78, 5) is 0. The molecule has 0 saturated carbocycles. The Balaban J connectivity index is 3.41. The van der Waals surface area contributed by atoms with Crippen LogP contribution in [0.25, 0.3) is 0 Å². The molecular weight excluding hydrogens is 203 g/mol. The lowest BCUT2D eigenvalue weighted by atomic mass is 9.84. The van der Waals surface area contributed by atoms with Crippen molar-refractivity contribution in [2.75, 3.05) is 7.11 Å². The van der Waals surface area contributed by atoms with Crippen LogP contribution in [0.5, 0.6) is 5.75 Å². The number of methoxy groups -OCH3 is 1. The first-order valence-corrected chi connectivity index (χ1v) is 5.65. The SMILES string of the molecule is COc1cc(F)c(C(C)C)cc1C(C)(C)C. The third-order valence-electron chi connectivity index (χ3n) is 2.75. The molecule has 1 rings (SSSR count). The Bertz CT molecular complexity index is 375. The number of hydrogen-bond donors (Lipinski definition) is 0. The van der Waals surface area contributed by atoms with Crippen LogP contribution in [0.3, 0.4) is 0 Å². The van der Waals surface area contributed by atoms with Gasteiger partial charge in [0.05, 0.1) is 7.11 Å². The zero-order valence-corrected chi connectivity index (χ0v) is 11.0. The van der Waals surface area contributed by atoms with Crippen molar-refractivity contribution >= 4 is 0 Å². The summed E-state index contributed by atoms with van der Waals surface area (Å²) in [6.07, 6.45) is 0. The zero-order chi connectivity index (χ0) is 12.5. The van der Waals surface area contributed by atoms with Crippen LogP contribution in [-0.2, 0) is 5.41 Å². The third-order valence-corrected chi connectivity index (χ3v) is 2.75. The number of hydrogen-bond acceptors (Lipinski definition) is 1. The molecule has 2 heteroatoms. The number of halogens is 1. The van der Waals surface area contributed by atoms with Crippen molar-refractivity contribution in [3.05, 3.63) is 29.1 Å². The lowest BCUT2D eigenvalue weighted by Gasteiger charge is -2.24. The fraction of sp³-hybridized carbons (Fsp3) is 0.571. The molecule has 0 aromatic heterocycles. The van der Waals surface area contributed by atoms with Gasteiger partial charge in [-0.3, -0.25) is 0 Å². The quantitative estimate of drug-likeness (QED) is 0.729. The molecule has 0 fully saturated rings. The highest BCUT2D eigenvalue weighted by molar-refractivity contribution is 5.43. The predicted molar refractivity (Wildman–Crippen MR) is 65.7 cm³/mol. The summed E-state index contributed by atoms with van der Waals surface area (Å²) in [7, 11) is 1.58. The van der Waals surface area contributed by atoms with Crippen LogP contribution in [0.2, 0.25) is 0 Å². The summed E-state index contributed by atoms with van der Waals surface area (Å²) in [6.45, 7) is 10.3. The molecular formula is C14H21FO. The maximum atomic E-state index is 13.8. The number of benzene rings is 1. The lowest BCUT2D eigenvalue weighted by Crippen LogP contribution is -2.14. The van der Waals surface area contributed by atoms with Crippen LogP contribution in [0.15, 0.2) is 12.1 Å². The molecule has 0 amide bonds. The van der Waals surface area contributed by atoms with Crippen molar-refractivity contribution < 1.29 is 9.13 Å². The Morgan fingerprint density at radius 2 is 1.75 bits per heavy atom. The summed E-state index contributed by atoms with van der Waals surface area (Å²) in [5.41, 5.74) is 1.77. The van der Waals surface area contributed by atoms with Crippen LogP contribution in [0.1, 0.15) is 51.7 Å². The smallest absolute Gasteiger partial charge is 0.130 e. The van der Waals surface area contributed by atoms with E-state index in [0.717, 1.165) is 11.1 Å². The zero-order valence-electron chi connectivity index (χ0n) is 11.0. The molecule has 90 valence electrons. The Kier molecular flexibility index (Phi) is 3.61. The second kappa shape index (κ2) is 4.44. The minimum atomic E-state index is -0.181. The maximum Gasteiger partial charge on any atom is 0.130 e. The molecule has 0 heterocycles. The van der Waals surface area contributed by atoms with Crippen LogP contribution in [-0.4, -0.2) is 7.11 Å². The molecule has 1 aromatic carbocycles. The topological polar surface area (TPSA) is 9.23 Å². The largest absolute Gasteiger partial charge is 0.496 e. The molecule has 0 saturated heterocycles. The van der Waals surface area contributed by atoms with Crippen LogP contribution < -0.4 is 4.74 Å². The van der Waals surface area contributed by atoms with Gasteiger partial charge >= 0.3 is 0 Å². The Morgan fingerprint density at radius 3 is 2.12 bits per heavy atom. The maximum absolute atomic E-state index is 13.8. The summed E-state index contributed by atoms with van der Waals surface area (Å²) >= 11 is 0. The van der Waals surface area contributed by atoms with Crippen LogP contribution in [0.4, 0.5) is 4.39 Å². The fourth-order valence-corrected chi connectivity index (χ4v) is 1.77. The summed E-state index contributed by atoms with van der Waals surface area (Å²) < 4.78 is 19.0. The molecule has 0 bridgehead atoms. The van der Waals surface area contributed by atoms with Gasteiger partial charge in [-0.25, -0.2) is 4.39 Å². The van der Waals surface area contributed by atoms with E-state index in [1.165, 1.54) is 6.07 Å². The van der Waals surface area contributed by atoms with Crippen LogP contribution >= 0.6 is 0 Å². The highest BCUT2D eigenvalue weighted by Gasteiger charge is 2.22. The van der Waals surface area contributed by atoms with E-state index < -0.39 is 0 Å². The van der Waals surface area contributed by atoms with Gasteiger partial charge in [0.15, 0.2) is 0 Å². The average Bonchev–Trinajstić information content (AvgIpc) is 2.14. The van der Waals surface area contributed by atoms with Gasteiger partial charge in [0.25, 0.3) is 0 Å². The molecule has 0 aliphatic carbocycles.